The van der Waals surface area contributed by atoms with Gasteiger partial charge in [0.05, 0.1) is 6.04 Å². The summed E-state index contributed by atoms with van der Waals surface area (Å²) in [5.41, 5.74) is 1.00. The van der Waals surface area contributed by atoms with Crippen LogP contribution < -0.4 is 5.32 Å². The summed E-state index contributed by atoms with van der Waals surface area (Å²) in [6, 6.07) is 8.44. The van der Waals surface area contributed by atoms with Gasteiger partial charge >= 0.3 is 0 Å². The Morgan fingerprint density at radius 2 is 2.17 bits per heavy atom. The molecule has 4 nitrogen and oxygen atoms in total. The number of hydrogen-bond donors (Lipinski definition) is 1. The van der Waals surface area contributed by atoms with Gasteiger partial charge in [-0.15, -0.1) is 11.8 Å². The predicted molar refractivity (Wildman–Crippen MR) is 71.5 cm³/mol. The summed E-state index contributed by atoms with van der Waals surface area (Å²) in [4.78, 5) is 5.71. The van der Waals surface area contributed by atoms with Gasteiger partial charge in [0.1, 0.15) is 0 Å². The highest BCUT2D eigenvalue weighted by atomic mass is 32.2. The number of nitrogens with zero attached hydrogens (tertiary/aromatic N) is 2. The number of nitrogens with one attached hydrogen (secondary N) is 1. The minimum Gasteiger partial charge on any atom is -0.337 e. The molecule has 1 aliphatic rings. The smallest absolute Gasteiger partial charge is 0.244 e. The molecule has 1 atom stereocenters. The maximum Gasteiger partial charge on any atom is 0.244 e. The number of aromatic nitrogens is 2. The van der Waals surface area contributed by atoms with Crippen molar-refractivity contribution in [2.75, 3.05) is 12.8 Å². The van der Waals surface area contributed by atoms with E-state index in [9.17, 15) is 0 Å². The van der Waals surface area contributed by atoms with E-state index in [4.69, 9.17) is 4.52 Å². The van der Waals surface area contributed by atoms with Crippen LogP contribution in [0.3, 0.4) is 0 Å². The first-order chi connectivity index (χ1) is 8.86. The third-order valence-corrected chi connectivity index (χ3v) is 3.89. The van der Waals surface area contributed by atoms with Crippen molar-refractivity contribution in [3.05, 3.63) is 30.2 Å². The third-order valence-electron chi connectivity index (χ3n) is 3.15. The van der Waals surface area contributed by atoms with Crippen molar-refractivity contribution in [3.8, 4) is 11.4 Å². The minimum atomic E-state index is 0.233. The fourth-order valence-electron chi connectivity index (χ4n) is 2.13. The van der Waals surface area contributed by atoms with Gasteiger partial charge in [-0.2, -0.15) is 4.98 Å². The second kappa shape index (κ2) is 5.12. The molecule has 0 amide bonds. The first-order valence-electron chi connectivity index (χ1n) is 6.08. The van der Waals surface area contributed by atoms with Crippen LogP contribution in [0.25, 0.3) is 11.4 Å². The van der Waals surface area contributed by atoms with Gasteiger partial charge in [0, 0.05) is 10.5 Å². The Balaban J connectivity index is 1.82. The summed E-state index contributed by atoms with van der Waals surface area (Å²) in [6.45, 7) is 1.03. The predicted octanol–water partition coefficient (Wildman–Crippen LogP) is 2.88. The molecule has 1 aromatic carbocycles. The van der Waals surface area contributed by atoms with Crippen LogP contribution in [-0.2, 0) is 0 Å². The molecule has 0 spiro atoms. The summed E-state index contributed by atoms with van der Waals surface area (Å²) < 4.78 is 5.33. The molecular weight excluding hydrogens is 246 g/mol. The van der Waals surface area contributed by atoms with Gasteiger partial charge in [-0.3, -0.25) is 0 Å². The average Bonchev–Trinajstić information content (AvgIpc) is 3.09. The first-order valence-corrected chi connectivity index (χ1v) is 7.31. The Kier molecular flexibility index (Phi) is 3.34. The molecule has 1 aromatic heterocycles. The van der Waals surface area contributed by atoms with Crippen molar-refractivity contribution in [3.63, 3.8) is 0 Å². The molecule has 0 radical (unpaired) electrons. The van der Waals surface area contributed by atoms with Crippen molar-refractivity contribution in [1.29, 1.82) is 0 Å². The molecule has 3 rings (SSSR count). The van der Waals surface area contributed by atoms with Gasteiger partial charge in [-0.1, -0.05) is 5.16 Å². The molecule has 1 aliphatic heterocycles. The van der Waals surface area contributed by atoms with Crippen LogP contribution in [0.4, 0.5) is 0 Å². The maximum absolute atomic E-state index is 5.33. The normalized spacial score (nSPS) is 19.3. The third kappa shape index (κ3) is 2.28. The zero-order valence-corrected chi connectivity index (χ0v) is 11.0. The molecule has 2 heterocycles. The molecule has 1 saturated heterocycles. The van der Waals surface area contributed by atoms with Crippen molar-refractivity contribution in [1.82, 2.24) is 15.5 Å². The van der Waals surface area contributed by atoms with Gasteiger partial charge in [0.15, 0.2) is 0 Å². The van der Waals surface area contributed by atoms with Crippen LogP contribution in [0.1, 0.15) is 24.8 Å². The van der Waals surface area contributed by atoms with Gasteiger partial charge in [-0.05, 0) is 49.9 Å². The standard InChI is InChI=1S/C13H15N3OS/c1-18-10-6-4-9(5-7-10)12-15-13(17-16-12)11-3-2-8-14-11/h4-7,11,14H,2-3,8H2,1H3. The number of benzene rings is 1. The molecule has 1 unspecified atom stereocenters. The van der Waals surface area contributed by atoms with Crippen LogP contribution in [-0.4, -0.2) is 22.9 Å². The van der Waals surface area contributed by atoms with E-state index < -0.39 is 0 Å². The van der Waals surface area contributed by atoms with E-state index in [0.717, 1.165) is 18.5 Å². The number of rotatable bonds is 3. The highest BCUT2D eigenvalue weighted by molar-refractivity contribution is 7.98. The molecule has 18 heavy (non-hydrogen) atoms. The monoisotopic (exact) mass is 261 g/mol. The zero-order valence-electron chi connectivity index (χ0n) is 10.2. The largest absolute Gasteiger partial charge is 0.337 e. The Morgan fingerprint density at radius 1 is 1.33 bits per heavy atom. The van der Waals surface area contributed by atoms with Gasteiger partial charge in [0.2, 0.25) is 11.7 Å². The van der Waals surface area contributed by atoms with E-state index >= 15 is 0 Å². The van der Waals surface area contributed by atoms with Crippen molar-refractivity contribution >= 4 is 11.8 Å². The first kappa shape index (κ1) is 11.7. The lowest BCUT2D eigenvalue weighted by atomic mass is 10.2. The summed E-state index contributed by atoms with van der Waals surface area (Å²) in [6.07, 6.45) is 4.31. The molecule has 1 N–H and O–H groups in total. The molecule has 0 bridgehead atoms. The Bertz CT molecular complexity index is 517. The van der Waals surface area contributed by atoms with Gasteiger partial charge < -0.3 is 9.84 Å². The van der Waals surface area contributed by atoms with E-state index in [0.29, 0.717) is 11.7 Å². The average molecular weight is 261 g/mol. The van der Waals surface area contributed by atoms with Crippen LogP contribution in [0.5, 0.6) is 0 Å². The minimum absolute atomic E-state index is 0.233. The van der Waals surface area contributed by atoms with E-state index in [-0.39, 0.29) is 6.04 Å². The lowest BCUT2D eigenvalue weighted by molar-refractivity contribution is 0.345. The molecule has 94 valence electrons. The highest BCUT2D eigenvalue weighted by Crippen LogP contribution is 2.25. The lowest BCUT2D eigenvalue weighted by Gasteiger charge is -2.01. The Hall–Kier alpha value is -1.33. The summed E-state index contributed by atoms with van der Waals surface area (Å²) in [5.74, 6) is 1.38. The maximum atomic E-state index is 5.33. The van der Waals surface area contributed by atoms with Crippen molar-refractivity contribution in [2.45, 2.75) is 23.8 Å². The fourth-order valence-corrected chi connectivity index (χ4v) is 2.54. The molecular formula is C13H15N3OS. The molecule has 0 aliphatic carbocycles. The van der Waals surface area contributed by atoms with E-state index in [1.165, 1.54) is 11.3 Å². The van der Waals surface area contributed by atoms with E-state index in [2.05, 4.69) is 33.8 Å². The van der Waals surface area contributed by atoms with E-state index in [1.807, 2.05) is 12.1 Å². The highest BCUT2D eigenvalue weighted by Gasteiger charge is 2.22. The molecule has 2 aromatic rings. The molecule has 5 heteroatoms. The van der Waals surface area contributed by atoms with Crippen molar-refractivity contribution in [2.24, 2.45) is 0 Å². The van der Waals surface area contributed by atoms with E-state index in [1.54, 1.807) is 11.8 Å². The SMILES string of the molecule is CSc1ccc(-c2noc(C3CCCN3)n2)cc1. The number of hydrogen-bond acceptors (Lipinski definition) is 5. The van der Waals surface area contributed by atoms with Crippen LogP contribution >= 0.6 is 11.8 Å². The topological polar surface area (TPSA) is 51.0 Å². The summed E-state index contributed by atoms with van der Waals surface area (Å²) in [7, 11) is 0. The molecule has 1 fully saturated rings. The zero-order chi connectivity index (χ0) is 12.4. The van der Waals surface area contributed by atoms with Crippen LogP contribution in [0.2, 0.25) is 0 Å². The second-order valence-electron chi connectivity index (χ2n) is 4.33. The second-order valence-corrected chi connectivity index (χ2v) is 5.21. The Labute approximate surface area is 110 Å². The Morgan fingerprint density at radius 3 is 2.83 bits per heavy atom. The van der Waals surface area contributed by atoms with Crippen molar-refractivity contribution < 1.29 is 4.52 Å². The van der Waals surface area contributed by atoms with Gasteiger partial charge in [0.25, 0.3) is 0 Å². The lowest BCUT2D eigenvalue weighted by Crippen LogP contribution is -2.12. The van der Waals surface area contributed by atoms with Crippen LogP contribution in [0, 0.1) is 0 Å². The van der Waals surface area contributed by atoms with Gasteiger partial charge in [-0.25, -0.2) is 0 Å². The quantitative estimate of drug-likeness (QED) is 0.861. The summed E-state index contributed by atoms with van der Waals surface area (Å²) in [5, 5.41) is 7.41. The fraction of sp³-hybridized carbons (Fsp3) is 0.385. The summed E-state index contributed by atoms with van der Waals surface area (Å²) >= 11 is 1.72. The molecule has 0 saturated carbocycles. The van der Waals surface area contributed by atoms with Crippen LogP contribution in [0.15, 0.2) is 33.7 Å². The number of thioether (sulfide) groups is 1.